The first kappa shape index (κ1) is 25.8. The van der Waals surface area contributed by atoms with Crippen LogP contribution in [0.15, 0.2) is 45.3 Å². The van der Waals surface area contributed by atoms with Gasteiger partial charge in [-0.3, -0.25) is 9.59 Å². The maximum Gasteiger partial charge on any atom is 0.303 e. The van der Waals surface area contributed by atoms with Crippen LogP contribution >= 0.6 is 23.1 Å². The van der Waals surface area contributed by atoms with E-state index in [1.54, 1.807) is 36.3 Å². The van der Waals surface area contributed by atoms with Crippen LogP contribution in [0.1, 0.15) is 63.0 Å². The van der Waals surface area contributed by atoms with Crippen LogP contribution in [-0.2, 0) is 21.4 Å². The van der Waals surface area contributed by atoms with Crippen LogP contribution in [0.4, 0.5) is 5.13 Å². The molecule has 3 rings (SSSR count). The summed E-state index contributed by atoms with van der Waals surface area (Å²) in [6.45, 7) is 8.62. The number of carbonyl (C=O) groups is 2. The van der Waals surface area contributed by atoms with E-state index in [9.17, 15) is 9.59 Å². The summed E-state index contributed by atoms with van der Waals surface area (Å²) < 4.78 is 12.4. The smallest absolute Gasteiger partial charge is 0.303 e. The number of oxazole rings is 1. The maximum absolute atomic E-state index is 12.4. The zero-order valence-corrected chi connectivity index (χ0v) is 21.3. The number of hydrogen-bond donors (Lipinski definition) is 2. The molecule has 182 valence electrons. The third kappa shape index (κ3) is 7.88. The molecule has 0 aliphatic rings. The fourth-order valence-electron chi connectivity index (χ4n) is 2.88. The Morgan fingerprint density at radius 1 is 1.21 bits per heavy atom. The van der Waals surface area contributed by atoms with E-state index in [1.165, 1.54) is 11.3 Å². The van der Waals surface area contributed by atoms with Crippen molar-refractivity contribution in [1.82, 2.24) is 9.97 Å². The average Bonchev–Trinajstić information content (AvgIpc) is 3.42. The van der Waals surface area contributed by atoms with E-state index in [4.69, 9.17) is 14.3 Å². The topological polar surface area (TPSA) is 115 Å². The molecule has 0 aliphatic carbocycles. The standard InChI is InChI=1S/C24H29N3O5S2/c1-15(22-25-13-18(32-22)24(2,3)4)33-21-14-26-23(34-21)27-19(28)12-16-7-9-17(10-8-16)31-11-5-6-20(29)30/h7-10,13-15H,5-6,11-12H2,1-4H3,(H,29,30)(H,26,27,28). The number of nitrogens with zero attached hydrogens (tertiary/aromatic N) is 2. The molecule has 1 unspecified atom stereocenters. The molecule has 0 aliphatic heterocycles. The van der Waals surface area contributed by atoms with Crippen LogP contribution in [-0.4, -0.2) is 33.6 Å². The molecule has 34 heavy (non-hydrogen) atoms. The molecule has 1 amide bonds. The summed E-state index contributed by atoms with van der Waals surface area (Å²) in [5.74, 6) is 1.17. The highest BCUT2D eigenvalue weighted by molar-refractivity contribution is 8.01. The van der Waals surface area contributed by atoms with Gasteiger partial charge in [-0.15, -0.1) is 11.8 Å². The second-order valence-electron chi connectivity index (χ2n) is 8.77. The number of thioether (sulfide) groups is 1. The highest BCUT2D eigenvalue weighted by atomic mass is 32.2. The molecule has 0 saturated heterocycles. The second kappa shape index (κ2) is 11.5. The summed E-state index contributed by atoms with van der Waals surface area (Å²) >= 11 is 3.00. The van der Waals surface area contributed by atoms with Gasteiger partial charge in [0.2, 0.25) is 11.8 Å². The van der Waals surface area contributed by atoms with E-state index in [0.29, 0.717) is 29.8 Å². The fourth-order valence-corrected chi connectivity index (χ4v) is 4.98. The number of hydrogen-bond acceptors (Lipinski definition) is 8. The van der Waals surface area contributed by atoms with Gasteiger partial charge >= 0.3 is 5.97 Å². The lowest BCUT2D eigenvalue weighted by molar-refractivity contribution is -0.137. The van der Waals surface area contributed by atoms with Crippen molar-refractivity contribution in [3.05, 3.63) is 53.9 Å². The number of ether oxygens (including phenoxy) is 1. The number of aromatic nitrogens is 2. The number of anilines is 1. The van der Waals surface area contributed by atoms with Crippen molar-refractivity contribution in [3.8, 4) is 5.75 Å². The first-order valence-electron chi connectivity index (χ1n) is 10.9. The molecule has 0 radical (unpaired) electrons. The minimum Gasteiger partial charge on any atom is -0.494 e. The lowest BCUT2D eigenvalue weighted by Crippen LogP contribution is -2.14. The summed E-state index contributed by atoms with van der Waals surface area (Å²) in [5, 5.41) is 12.0. The fraction of sp³-hybridized carbons (Fsp3) is 0.417. The molecule has 1 atom stereocenters. The SMILES string of the molecule is CC(Sc1cnc(NC(=O)Cc2ccc(OCCCC(=O)O)cc2)s1)c1ncc(C(C)(C)C)o1. The molecule has 1 aromatic carbocycles. The molecular formula is C24H29N3O5S2. The van der Waals surface area contributed by atoms with E-state index >= 15 is 0 Å². The minimum absolute atomic E-state index is 0.0185. The predicted molar refractivity (Wildman–Crippen MR) is 133 cm³/mol. The van der Waals surface area contributed by atoms with Crippen molar-refractivity contribution in [2.24, 2.45) is 0 Å². The molecule has 3 aromatic rings. The summed E-state index contributed by atoms with van der Waals surface area (Å²) in [7, 11) is 0. The van der Waals surface area contributed by atoms with Gasteiger partial charge in [-0.2, -0.15) is 0 Å². The van der Waals surface area contributed by atoms with Gasteiger partial charge in [0.25, 0.3) is 0 Å². The Hall–Kier alpha value is -2.85. The Morgan fingerprint density at radius 3 is 2.59 bits per heavy atom. The Balaban J connectivity index is 1.46. The molecule has 8 nitrogen and oxygen atoms in total. The number of thiazole rings is 1. The van der Waals surface area contributed by atoms with Gasteiger partial charge in [0.05, 0.1) is 34.9 Å². The van der Waals surface area contributed by atoms with Crippen LogP contribution in [0, 0.1) is 0 Å². The van der Waals surface area contributed by atoms with Crippen molar-refractivity contribution >= 4 is 40.1 Å². The number of carboxylic acids is 1. The Kier molecular flexibility index (Phi) is 8.73. The van der Waals surface area contributed by atoms with Crippen LogP contribution in [0.2, 0.25) is 0 Å². The van der Waals surface area contributed by atoms with Gasteiger partial charge in [-0.05, 0) is 31.0 Å². The van der Waals surface area contributed by atoms with Crippen LogP contribution in [0.5, 0.6) is 5.75 Å². The van der Waals surface area contributed by atoms with Crippen LogP contribution in [0.25, 0.3) is 0 Å². The van der Waals surface area contributed by atoms with E-state index < -0.39 is 5.97 Å². The molecule has 0 saturated carbocycles. The molecule has 0 fully saturated rings. The highest BCUT2D eigenvalue weighted by Crippen LogP contribution is 2.39. The van der Waals surface area contributed by atoms with Gasteiger partial charge in [0.1, 0.15) is 11.5 Å². The molecular weight excluding hydrogens is 474 g/mol. The van der Waals surface area contributed by atoms with Gasteiger partial charge in [0, 0.05) is 11.8 Å². The van der Waals surface area contributed by atoms with E-state index in [-0.39, 0.29) is 29.4 Å². The van der Waals surface area contributed by atoms with Crippen molar-refractivity contribution in [1.29, 1.82) is 0 Å². The number of benzene rings is 1. The Labute approximate surface area is 207 Å². The number of rotatable bonds is 11. The molecule has 2 heterocycles. The second-order valence-corrected chi connectivity index (χ2v) is 11.4. The van der Waals surface area contributed by atoms with E-state index in [2.05, 4.69) is 36.1 Å². The lowest BCUT2D eigenvalue weighted by atomic mass is 9.94. The molecule has 2 aromatic heterocycles. The Bertz CT molecular complexity index is 1100. The Morgan fingerprint density at radius 2 is 1.94 bits per heavy atom. The minimum atomic E-state index is -0.838. The normalized spacial score (nSPS) is 12.4. The van der Waals surface area contributed by atoms with Crippen molar-refractivity contribution in [2.75, 3.05) is 11.9 Å². The van der Waals surface area contributed by atoms with Gasteiger partial charge in [0.15, 0.2) is 5.13 Å². The van der Waals surface area contributed by atoms with Crippen molar-refractivity contribution < 1.29 is 23.8 Å². The number of aliphatic carboxylic acids is 1. The van der Waals surface area contributed by atoms with Crippen LogP contribution in [0.3, 0.4) is 0 Å². The largest absolute Gasteiger partial charge is 0.494 e. The third-order valence-electron chi connectivity index (χ3n) is 4.73. The summed E-state index contributed by atoms with van der Waals surface area (Å²) in [6, 6.07) is 7.19. The number of carbonyl (C=O) groups excluding carboxylic acids is 1. The summed E-state index contributed by atoms with van der Waals surface area (Å²) in [4.78, 5) is 31.7. The van der Waals surface area contributed by atoms with Crippen LogP contribution < -0.4 is 10.1 Å². The van der Waals surface area contributed by atoms with Gasteiger partial charge in [-0.25, -0.2) is 9.97 Å². The predicted octanol–water partition coefficient (Wildman–Crippen LogP) is 5.71. The first-order chi connectivity index (χ1) is 16.1. The molecule has 0 spiro atoms. The average molecular weight is 504 g/mol. The van der Waals surface area contributed by atoms with Gasteiger partial charge < -0.3 is 19.6 Å². The molecule has 2 N–H and O–H groups in total. The highest BCUT2D eigenvalue weighted by Gasteiger charge is 2.22. The third-order valence-corrected chi connectivity index (χ3v) is 6.87. The zero-order chi connectivity index (χ0) is 24.7. The van der Waals surface area contributed by atoms with Crippen molar-refractivity contribution in [3.63, 3.8) is 0 Å². The lowest BCUT2D eigenvalue weighted by Gasteiger charge is -2.13. The first-order valence-corrected chi connectivity index (χ1v) is 12.6. The number of amides is 1. The van der Waals surface area contributed by atoms with E-state index in [0.717, 1.165) is 15.5 Å². The summed E-state index contributed by atoms with van der Waals surface area (Å²) in [5.41, 5.74) is 0.751. The maximum atomic E-state index is 12.4. The summed E-state index contributed by atoms with van der Waals surface area (Å²) in [6.07, 6.45) is 4.26. The molecule has 0 bridgehead atoms. The molecule has 10 heteroatoms. The van der Waals surface area contributed by atoms with Crippen molar-refractivity contribution in [2.45, 2.75) is 61.8 Å². The zero-order valence-electron chi connectivity index (χ0n) is 19.7. The quantitative estimate of drug-likeness (QED) is 0.253. The monoisotopic (exact) mass is 503 g/mol. The number of nitrogens with one attached hydrogen (secondary N) is 1. The van der Waals surface area contributed by atoms with Gasteiger partial charge in [-0.1, -0.05) is 44.2 Å². The number of carboxylic acid groups (broad SMARTS) is 1. The van der Waals surface area contributed by atoms with E-state index in [1.807, 2.05) is 19.1 Å².